The van der Waals surface area contributed by atoms with Gasteiger partial charge in [0, 0.05) is 36.6 Å². The lowest BCUT2D eigenvalue weighted by molar-refractivity contribution is -0.116. The first-order chi connectivity index (χ1) is 9.15. The summed E-state index contributed by atoms with van der Waals surface area (Å²) in [6.07, 6.45) is 5.59. The molecule has 19 heavy (non-hydrogen) atoms. The highest BCUT2D eigenvalue weighted by atomic mass is 32.1. The molecule has 6 heteroatoms. The summed E-state index contributed by atoms with van der Waals surface area (Å²) in [4.78, 5) is 16.0. The van der Waals surface area contributed by atoms with Crippen molar-refractivity contribution < 1.29 is 4.79 Å². The van der Waals surface area contributed by atoms with Crippen molar-refractivity contribution in [3.05, 3.63) is 48.5 Å². The standard InChI is InChI=1S/C13H14N4OS/c14-13(19)10-1-3-11(4-2-10)16-12(18)5-7-17-8-6-15-9-17/h1-4,6,8-9H,5,7H2,(H2,14,19)(H,16,18). The van der Waals surface area contributed by atoms with Crippen LogP contribution in [-0.2, 0) is 11.3 Å². The third-order valence-electron chi connectivity index (χ3n) is 2.61. The van der Waals surface area contributed by atoms with Gasteiger partial charge in [0.15, 0.2) is 0 Å². The molecular weight excluding hydrogens is 260 g/mol. The summed E-state index contributed by atoms with van der Waals surface area (Å²) in [6.45, 7) is 0.608. The fraction of sp³-hybridized carbons (Fsp3) is 0.154. The predicted molar refractivity (Wildman–Crippen MR) is 77.8 cm³/mol. The summed E-state index contributed by atoms with van der Waals surface area (Å²) in [7, 11) is 0. The number of amides is 1. The van der Waals surface area contributed by atoms with E-state index < -0.39 is 0 Å². The van der Waals surface area contributed by atoms with Gasteiger partial charge >= 0.3 is 0 Å². The highest BCUT2D eigenvalue weighted by Gasteiger charge is 2.03. The lowest BCUT2D eigenvalue weighted by Crippen LogP contribution is -2.14. The van der Waals surface area contributed by atoms with E-state index in [4.69, 9.17) is 18.0 Å². The molecule has 0 saturated carbocycles. The zero-order valence-electron chi connectivity index (χ0n) is 10.2. The zero-order valence-corrected chi connectivity index (χ0v) is 11.1. The molecule has 0 unspecified atom stereocenters. The molecule has 98 valence electrons. The van der Waals surface area contributed by atoms with Crippen LogP contribution in [0.2, 0.25) is 0 Å². The second-order valence-corrected chi connectivity index (χ2v) is 4.48. The summed E-state index contributed by atoms with van der Waals surface area (Å²) in [6, 6.07) is 7.13. The van der Waals surface area contributed by atoms with E-state index >= 15 is 0 Å². The number of rotatable bonds is 5. The van der Waals surface area contributed by atoms with Gasteiger partial charge in [-0.3, -0.25) is 4.79 Å². The Morgan fingerprint density at radius 3 is 2.68 bits per heavy atom. The molecule has 0 aliphatic heterocycles. The minimum atomic E-state index is -0.0447. The maximum absolute atomic E-state index is 11.7. The lowest BCUT2D eigenvalue weighted by atomic mass is 10.2. The van der Waals surface area contributed by atoms with Crippen LogP contribution in [0.15, 0.2) is 43.0 Å². The van der Waals surface area contributed by atoms with E-state index in [0.29, 0.717) is 18.0 Å². The van der Waals surface area contributed by atoms with Crippen LogP contribution in [0.4, 0.5) is 5.69 Å². The molecule has 3 N–H and O–H groups in total. The Hall–Kier alpha value is -2.21. The highest BCUT2D eigenvalue weighted by molar-refractivity contribution is 7.80. The molecule has 1 aromatic carbocycles. The zero-order chi connectivity index (χ0) is 13.7. The number of hydrogen-bond donors (Lipinski definition) is 2. The molecule has 2 rings (SSSR count). The smallest absolute Gasteiger partial charge is 0.226 e. The van der Waals surface area contributed by atoms with Crippen molar-refractivity contribution in [1.82, 2.24) is 9.55 Å². The minimum Gasteiger partial charge on any atom is -0.389 e. The molecule has 0 aliphatic rings. The fourth-order valence-corrected chi connectivity index (χ4v) is 1.73. The molecule has 0 atom stereocenters. The summed E-state index contributed by atoms with van der Waals surface area (Å²) in [5.74, 6) is -0.0447. The van der Waals surface area contributed by atoms with Gasteiger partial charge in [0.2, 0.25) is 5.91 Å². The number of aromatic nitrogens is 2. The molecule has 1 amide bonds. The molecule has 0 bridgehead atoms. The van der Waals surface area contributed by atoms with Crippen LogP contribution in [0, 0.1) is 0 Å². The molecule has 0 saturated heterocycles. The van der Waals surface area contributed by atoms with Crippen LogP contribution in [0.1, 0.15) is 12.0 Å². The Bertz CT molecular complexity index is 563. The number of benzene rings is 1. The molecular formula is C13H14N4OS. The number of carbonyl (C=O) groups excluding carboxylic acids is 1. The average Bonchev–Trinajstić information content (AvgIpc) is 2.90. The topological polar surface area (TPSA) is 72.9 Å². The maximum atomic E-state index is 11.7. The number of anilines is 1. The molecule has 0 spiro atoms. The van der Waals surface area contributed by atoms with Gasteiger partial charge in [-0.25, -0.2) is 4.98 Å². The minimum absolute atomic E-state index is 0.0447. The predicted octanol–water partition coefficient (Wildman–Crippen LogP) is 1.55. The van der Waals surface area contributed by atoms with E-state index in [1.54, 1.807) is 36.8 Å². The molecule has 5 nitrogen and oxygen atoms in total. The molecule has 0 fully saturated rings. The maximum Gasteiger partial charge on any atom is 0.226 e. The Kier molecular flexibility index (Phi) is 4.25. The summed E-state index contributed by atoms with van der Waals surface area (Å²) in [5.41, 5.74) is 7.02. The highest BCUT2D eigenvalue weighted by Crippen LogP contribution is 2.10. The number of nitrogens with one attached hydrogen (secondary N) is 1. The van der Waals surface area contributed by atoms with Gasteiger partial charge in [0.05, 0.1) is 6.33 Å². The molecule has 2 aromatic rings. The number of aryl methyl sites for hydroxylation is 1. The SMILES string of the molecule is NC(=S)c1ccc(NC(=O)CCn2ccnc2)cc1. The molecule has 0 radical (unpaired) electrons. The number of nitrogens with two attached hydrogens (primary N) is 1. The van der Waals surface area contributed by atoms with Gasteiger partial charge < -0.3 is 15.6 Å². The number of hydrogen-bond acceptors (Lipinski definition) is 3. The van der Waals surface area contributed by atoms with Crippen LogP contribution in [0.25, 0.3) is 0 Å². The van der Waals surface area contributed by atoms with Crippen molar-refractivity contribution in [2.75, 3.05) is 5.32 Å². The van der Waals surface area contributed by atoms with E-state index in [0.717, 1.165) is 11.3 Å². The third-order valence-corrected chi connectivity index (χ3v) is 2.85. The first-order valence-corrected chi connectivity index (χ1v) is 6.21. The molecule has 0 aliphatic carbocycles. The third kappa shape index (κ3) is 3.89. The van der Waals surface area contributed by atoms with Gasteiger partial charge in [-0.2, -0.15) is 0 Å². The van der Waals surface area contributed by atoms with Crippen LogP contribution < -0.4 is 11.1 Å². The van der Waals surface area contributed by atoms with E-state index in [1.165, 1.54) is 0 Å². The van der Waals surface area contributed by atoms with Gasteiger partial charge in [0.1, 0.15) is 4.99 Å². The quantitative estimate of drug-likeness (QED) is 0.811. The van der Waals surface area contributed by atoms with Crippen LogP contribution in [-0.4, -0.2) is 20.4 Å². The van der Waals surface area contributed by atoms with Crippen molar-refractivity contribution in [3.63, 3.8) is 0 Å². The Morgan fingerprint density at radius 1 is 1.37 bits per heavy atom. The van der Waals surface area contributed by atoms with Gasteiger partial charge in [-0.05, 0) is 24.3 Å². The Morgan fingerprint density at radius 2 is 2.11 bits per heavy atom. The first-order valence-electron chi connectivity index (χ1n) is 5.80. The second kappa shape index (κ2) is 6.10. The van der Waals surface area contributed by atoms with Crippen molar-refractivity contribution in [2.45, 2.75) is 13.0 Å². The summed E-state index contributed by atoms with van der Waals surface area (Å²) < 4.78 is 1.86. The number of thiocarbonyl (C=S) groups is 1. The average molecular weight is 274 g/mol. The summed E-state index contributed by atoms with van der Waals surface area (Å²) >= 11 is 4.86. The van der Waals surface area contributed by atoms with Gasteiger partial charge in [0.25, 0.3) is 0 Å². The second-order valence-electron chi connectivity index (χ2n) is 4.04. The van der Waals surface area contributed by atoms with E-state index in [-0.39, 0.29) is 5.91 Å². The van der Waals surface area contributed by atoms with Crippen LogP contribution in [0.3, 0.4) is 0 Å². The Balaban J connectivity index is 1.86. The van der Waals surface area contributed by atoms with Crippen molar-refractivity contribution in [1.29, 1.82) is 0 Å². The number of nitrogens with zero attached hydrogens (tertiary/aromatic N) is 2. The summed E-state index contributed by atoms with van der Waals surface area (Å²) in [5, 5.41) is 2.81. The van der Waals surface area contributed by atoms with E-state index in [9.17, 15) is 4.79 Å². The molecule has 1 heterocycles. The van der Waals surface area contributed by atoms with Crippen LogP contribution in [0.5, 0.6) is 0 Å². The first kappa shape index (κ1) is 13.2. The largest absolute Gasteiger partial charge is 0.389 e. The van der Waals surface area contributed by atoms with E-state index in [2.05, 4.69) is 10.3 Å². The fourth-order valence-electron chi connectivity index (χ4n) is 1.59. The van der Waals surface area contributed by atoms with Crippen LogP contribution >= 0.6 is 12.2 Å². The van der Waals surface area contributed by atoms with Crippen molar-refractivity contribution >= 4 is 28.8 Å². The van der Waals surface area contributed by atoms with E-state index in [1.807, 2.05) is 10.8 Å². The molecule has 1 aromatic heterocycles. The van der Waals surface area contributed by atoms with Crippen molar-refractivity contribution in [2.24, 2.45) is 5.73 Å². The number of imidazole rings is 1. The monoisotopic (exact) mass is 274 g/mol. The lowest BCUT2D eigenvalue weighted by Gasteiger charge is -2.06. The normalized spacial score (nSPS) is 10.1. The van der Waals surface area contributed by atoms with Gasteiger partial charge in [-0.1, -0.05) is 12.2 Å². The Labute approximate surface area is 116 Å². The van der Waals surface area contributed by atoms with Gasteiger partial charge in [-0.15, -0.1) is 0 Å². The number of carbonyl (C=O) groups is 1. The van der Waals surface area contributed by atoms with Crippen molar-refractivity contribution in [3.8, 4) is 0 Å².